The maximum absolute atomic E-state index is 15.0. The van der Waals surface area contributed by atoms with Crippen LogP contribution in [0.2, 0.25) is 0 Å². The van der Waals surface area contributed by atoms with Crippen molar-refractivity contribution in [3.63, 3.8) is 0 Å². The Kier molecular flexibility index (Phi) is 3.92. The molecule has 0 unspecified atom stereocenters. The third kappa shape index (κ3) is 2.17. The highest BCUT2D eigenvalue weighted by Gasteiger charge is 2.94. The Balaban J connectivity index is 1.26. The van der Waals surface area contributed by atoms with Crippen LogP contribution in [0.1, 0.15) is 66.7 Å². The van der Waals surface area contributed by atoms with Crippen LogP contribution in [0.4, 0.5) is 0 Å². The van der Waals surface area contributed by atoms with Crippen molar-refractivity contribution in [2.75, 3.05) is 0 Å². The molecule has 9 rings (SSSR count). The number of hydrogen-bond acceptors (Lipinski definition) is 11. The standard InChI is InChI=1S/C29H34O11/c1-11-16-18-17(12(2)21(32)35-18)38-29-19(16)24(5,20(11)31)6-7-25(40-29)10-26-13(8-14-28(25,36-14)22(29)33)23(3,4)39-27(26,34)9-15(30)37-26/h11-14,16-19,34H,6-10H2,1-5H3/t11-,12-,13-,14-,16+,17+,18+,19-,24-,25-,26+,27+,28+,29-/m0/s1. The molecular formula is C29H34O11. The molecule has 0 aromatic rings. The number of ketones is 2. The Labute approximate surface area is 230 Å². The summed E-state index contributed by atoms with van der Waals surface area (Å²) in [6.07, 6.45) is -1.36. The van der Waals surface area contributed by atoms with Crippen LogP contribution in [0, 0.1) is 35.0 Å². The van der Waals surface area contributed by atoms with Gasteiger partial charge >= 0.3 is 11.9 Å². The Morgan fingerprint density at radius 3 is 2.42 bits per heavy atom. The summed E-state index contributed by atoms with van der Waals surface area (Å²) in [5.74, 6) is -7.79. The van der Waals surface area contributed by atoms with Crippen molar-refractivity contribution in [1.29, 1.82) is 0 Å². The molecule has 40 heavy (non-hydrogen) atoms. The molecule has 2 saturated carbocycles. The third-order valence-electron chi connectivity index (χ3n) is 12.8. The Morgan fingerprint density at radius 2 is 1.68 bits per heavy atom. The average molecular weight is 559 g/mol. The smallest absolute Gasteiger partial charge is 0.312 e. The van der Waals surface area contributed by atoms with E-state index in [1.807, 2.05) is 27.7 Å². The molecule has 9 fully saturated rings. The van der Waals surface area contributed by atoms with E-state index in [2.05, 4.69) is 0 Å². The zero-order chi connectivity index (χ0) is 28.2. The van der Waals surface area contributed by atoms with Gasteiger partial charge in [-0.2, -0.15) is 0 Å². The summed E-state index contributed by atoms with van der Waals surface area (Å²) >= 11 is 0. The van der Waals surface area contributed by atoms with Gasteiger partial charge in [-0.1, -0.05) is 13.8 Å². The van der Waals surface area contributed by atoms with Crippen molar-refractivity contribution in [3.8, 4) is 0 Å². The highest BCUT2D eigenvalue weighted by Crippen LogP contribution is 2.76. The minimum Gasteiger partial charge on any atom is -0.459 e. The van der Waals surface area contributed by atoms with Gasteiger partial charge in [-0.25, -0.2) is 0 Å². The molecule has 216 valence electrons. The molecular weight excluding hydrogens is 524 g/mol. The predicted octanol–water partition coefficient (Wildman–Crippen LogP) is 0.963. The van der Waals surface area contributed by atoms with Gasteiger partial charge in [0, 0.05) is 35.5 Å². The molecule has 2 bridgehead atoms. The minimum absolute atomic E-state index is 0.00295. The summed E-state index contributed by atoms with van der Waals surface area (Å²) in [6, 6.07) is 0. The Morgan fingerprint density at radius 1 is 0.925 bits per heavy atom. The van der Waals surface area contributed by atoms with Crippen molar-refractivity contribution < 1.29 is 52.7 Å². The lowest BCUT2D eigenvalue weighted by Gasteiger charge is -2.49. The maximum atomic E-state index is 15.0. The van der Waals surface area contributed by atoms with Gasteiger partial charge in [0.25, 0.3) is 0 Å². The lowest BCUT2D eigenvalue weighted by Crippen LogP contribution is -2.64. The number of ether oxygens (including phenoxy) is 6. The molecule has 0 aromatic heterocycles. The van der Waals surface area contributed by atoms with Crippen LogP contribution in [0.25, 0.3) is 0 Å². The van der Waals surface area contributed by atoms with Gasteiger partial charge in [0.05, 0.1) is 17.6 Å². The number of carbonyl (C=O) groups excluding carboxylic acids is 4. The topological polar surface area (TPSA) is 147 Å². The molecule has 7 saturated heterocycles. The number of hydrogen-bond donors (Lipinski definition) is 1. The van der Waals surface area contributed by atoms with Gasteiger partial charge in [-0.3, -0.25) is 19.2 Å². The number of aliphatic hydroxyl groups is 1. The van der Waals surface area contributed by atoms with E-state index in [0.717, 1.165) is 0 Å². The van der Waals surface area contributed by atoms with Crippen LogP contribution in [0.5, 0.6) is 0 Å². The van der Waals surface area contributed by atoms with Crippen molar-refractivity contribution in [3.05, 3.63) is 0 Å². The molecule has 2 aliphatic carbocycles. The molecule has 0 aromatic carbocycles. The fourth-order valence-electron chi connectivity index (χ4n) is 11.2. The number of Topliss-reactive ketones (excluding diaryl/α,β-unsaturated/α-hetero) is 2. The number of esters is 2. The van der Waals surface area contributed by atoms with E-state index in [0.29, 0.717) is 12.8 Å². The Hall–Kier alpha value is -1.92. The highest BCUT2D eigenvalue weighted by atomic mass is 16.8. The molecule has 0 amide bonds. The van der Waals surface area contributed by atoms with Gasteiger partial charge in [-0.15, -0.1) is 0 Å². The van der Waals surface area contributed by atoms with Crippen molar-refractivity contribution in [2.24, 2.45) is 35.0 Å². The fourth-order valence-corrected chi connectivity index (χ4v) is 11.2. The van der Waals surface area contributed by atoms with Crippen molar-refractivity contribution >= 4 is 23.5 Å². The molecule has 4 spiro atoms. The van der Waals surface area contributed by atoms with Crippen LogP contribution in [0.15, 0.2) is 0 Å². The average Bonchev–Trinajstić information content (AvgIpc) is 3.35. The molecule has 11 nitrogen and oxygen atoms in total. The van der Waals surface area contributed by atoms with Gasteiger partial charge in [-0.05, 0) is 40.0 Å². The minimum atomic E-state index is -1.90. The van der Waals surface area contributed by atoms with E-state index in [-0.39, 0.29) is 30.8 Å². The van der Waals surface area contributed by atoms with E-state index in [1.165, 1.54) is 0 Å². The molecule has 14 atom stereocenters. The molecule has 7 heterocycles. The second kappa shape index (κ2) is 6.37. The molecule has 0 radical (unpaired) electrons. The van der Waals surface area contributed by atoms with E-state index in [1.54, 1.807) is 6.92 Å². The SMILES string of the molecule is C[C@@H]1C(=O)O[C@H]2[C@@H]1O[C@]13O[C@@]4(CC[C@]5(C)C(=O)[C@@H](C)[C@H]2[C@H]15)C[C@]12OC(=O)C[C@@]1(O)OC(C)(C)[C@@H]2C[C@@H]1O[C@@]14C3=O. The van der Waals surface area contributed by atoms with E-state index in [9.17, 15) is 24.3 Å². The van der Waals surface area contributed by atoms with E-state index >= 15 is 0 Å². The lowest BCUT2D eigenvalue weighted by molar-refractivity contribution is -0.335. The second-order valence-electron chi connectivity index (χ2n) is 14.8. The van der Waals surface area contributed by atoms with Crippen LogP contribution in [-0.4, -0.2) is 80.9 Å². The summed E-state index contributed by atoms with van der Waals surface area (Å²) in [5.41, 5.74) is -6.02. The largest absolute Gasteiger partial charge is 0.459 e. The molecule has 9 aliphatic rings. The van der Waals surface area contributed by atoms with Gasteiger partial charge < -0.3 is 33.5 Å². The molecule has 1 N–H and O–H groups in total. The normalized spacial score (nSPS) is 63.2. The van der Waals surface area contributed by atoms with Gasteiger partial charge in [0.15, 0.2) is 11.2 Å². The van der Waals surface area contributed by atoms with Gasteiger partial charge in [0.2, 0.25) is 17.4 Å². The summed E-state index contributed by atoms with van der Waals surface area (Å²) in [7, 11) is 0. The molecule has 11 heteroatoms. The van der Waals surface area contributed by atoms with Gasteiger partial charge in [0.1, 0.15) is 30.0 Å². The quantitative estimate of drug-likeness (QED) is 0.335. The fraction of sp³-hybridized carbons (Fsp3) is 0.862. The first-order valence-corrected chi connectivity index (χ1v) is 14.6. The number of fused-ring (bicyclic) bond motifs is 2. The van der Waals surface area contributed by atoms with Crippen LogP contribution in [0.3, 0.4) is 0 Å². The van der Waals surface area contributed by atoms with Crippen molar-refractivity contribution in [2.45, 2.75) is 119 Å². The number of carbonyl (C=O) groups is 4. The summed E-state index contributed by atoms with van der Waals surface area (Å²) in [4.78, 5) is 54.5. The highest BCUT2D eigenvalue weighted by molar-refractivity contribution is 6.03. The van der Waals surface area contributed by atoms with Crippen LogP contribution < -0.4 is 0 Å². The number of rotatable bonds is 0. The summed E-state index contributed by atoms with van der Waals surface area (Å²) < 4.78 is 38.2. The van der Waals surface area contributed by atoms with Crippen LogP contribution >= 0.6 is 0 Å². The summed E-state index contributed by atoms with van der Waals surface area (Å²) in [5, 5.41) is 11.9. The van der Waals surface area contributed by atoms with E-state index < -0.39 is 99.2 Å². The number of epoxide rings is 1. The van der Waals surface area contributed by atoms with Crippen LogP contribution in [-0.2, 0) is 47.6 Å². The lowest BCUT2D eigenvalue weighted by atomic mass is 9.60. The zero-order valence-corrected chi connectivity index (χ0v) is 23.2. The molecule has 7 aliphatic heterocycles. The first-order valence-electron chi connectivity index (χ1n) is 14.6. The monoisotopic (exact) mass is 558 g/mol. The van der Waals surface area contributed by atoms with Crippen molar-refractivity contribution in [1.82, 2.24) is 0 Å². The summed E-state index contributed by atoms with van der Waals surface area (Å²) in [6.45, 7) is 9.14. The second-order valence-corrected chi connectivity index (χ2v) is 14.8. The zero-order valence-electron chi connectivity index (χ0n) is 23.2. The maximum Gasteiger partial charge on any atom is 0.312 e. The third-order valence-corrected chi connectivity index (χ3v) is 12.8. The Bertz CT molecular complexity index is 1360. The van der Waals surface area contributed by atoms with E-state index in [4.69, 9.17) is 28.4 Å². The predicted molar refractivity (Wildman–Crippen MR) is 128 cm³/mol. The first-order chi connectivity index (χ1) is 18.6. The first kappa shape index (κ1) is 24.7.